The standard InChI is InChI=1S/C25H43NO2/c1-2-3-4-5-6-7-8-9-10-11-12-13-14-15-16-17-19-22-25(28)26-23-20-18-21-24-27/h6-7,9-10,12-13,15-16,27H,2-5,8,11,14,17-24H2,1H3,(H,26,28)/b7-6-,10-9-,13-12-,16-15-. The second kappa shape index (κ2) is 23.4. The highest BCUT2D eigenvalue weighted by molar-refractivity contribution is 5.75. The number of hydrogen-bond acceptors (Lipinski definition) is 2. The van der Waals surface area contributed by atoms with E-state index in [9.17, 15) is 4.79 Å². The maximum Gasteiger partial charge on any atom is 0.220 e. The summed E-state index contributed by atoms with van der Waals surface area (Å²) in [4.78, 5) is 11.6. The van der Waals surface area contributed by atoms with Gasteiger partial charge in [-0.15, -0.1) is 0 Å². The van der Waals surface area contributed by atoms with Crippen molar-refractivity contribution in [3.05, 3.63) is 48.6 Å². The Bertz CT molecular complexity index is 449. The highest BCUT2D eigenvalue weighted by Crippen LogP contribution is 2.01. The summed E-state index contributed by atoms with van der Waals surface area (Å²) in [6.07, 6.45) is 31.1. The predicted molar refractivity (Wildman–Crippen MR) is 122 cm³/mol. The molecule has 0 aromatic rings. The van der Waals surface area contributed by atoms with Crippen LogP contribution in [0.4, 0.5) is 0 Å². The Kier molecular flexibility index (Phi) is 22.1. The molecule has 0 heterocycles. The maximum absolute atomic E-state index is 11.6. The molecule has 160 valence electrons. The number of allylic oxidation sites excluding steroid dienone is 8. The van der Waals surface area contributed by atoms with Crippen LogP contribution in [0.3, 0.4) is 0 Å². The van der Waals surface area contributed by atoms with Gasteiger partial charge >= 0.3 is 0 Å². The van der Waals surface area contributed by atoms with E-state index in [2.05, 4.69) is 60.8 Å². The van der Waals surface area contributed by atoms with Crippen molar-refractivity contribution >= 4 is 5.91 Å². The molecule has 0 unspecified atom stereocenters. The van der Waals surface area contributed by atoms with Gasteiger partial charge in [0.05, 0.1) is 0 Å². The summed E-state index contributed by atoms with van der Waals surface area (Å²) in [6, 6.07) is 0. The molecule has 0 aromatic heterocycles. The molecule has 0 atom stereocenters. The average molecular weight is 390 g/mol. The Morgan fingerprint density at radius 3 is 1.86 bits per heavy atom. The molecular weight excluding hydrogens is 346 g/mol. The Morgan fingerprint density at radius 1 is 0.714 bits per heavy atom. The fourth-order valence-corrected chi connectivity index (χ4v) is 2.67. The van der Waals surface area contributed by atoms with E-state index in [-0.39, 0.29) is 12.5 Å². The van der Waals surface area contributed by atoms with Crippen molar-refractivity contribution in [3.63, 3.8) is 0 Å². The molecule has 1 amide bonds. The third kappa shape index (κ3) is 22.4. The summed E-state index contributed by atoms with van der Waals surface area (Å²) in [5.41, 5.74) is 0. The maximum atomic E-state index is 11.6. The molecule has 0 fully saturated rings. The van der Waals surface area contributed by atoms with E-state index in [1.54, 1.807) is 0 Å². The quantitative estimate of drug-likeness (QED) is 0.198. The molecule has 0 spiro atoms. The molecule has 0 aliphatic heterocycles. The van der Waals surface area contributed by atoms with Crippen molar-refractivity contribution in [3.8, 4) is 0 Å². The van der Waals surface area contributed by atoms with Crippen molar-refractivity contribution in [2.75, 3.05) is 13.2 Å². The van der Waals surface area contributed by atoms with Crippen LogP contribution < -0.4 is 5.32 Å². The SMILES string of the molecule is CCCCC/C=C\C/C=C\C/C=C\C/C=C\CCCC(=O)NCCCCCO. The van der Waals surface area contributed by atoms with Crippen LogP contribution in [0.15, 0.2) is 48.6 Å². The van der Waals surface area contributed by atoms with Crippen molar-refractivity contribution in [2.24, 2.45) is 0 Å². The van der Waals surface area contributed by atoms with Crippen LogP contribution in [0.2, 0.25) is 0 Å². The summed E-state index contributed by atoms with van der Waals surface area (Å²) >= 11 is 0. The van der Waals surface area contributed by atoms with E-state index in [1.807, 2.05) is 0 Å². The highest BCUT2D eigenvalue weighted by Gasteiger charge is 1.98. The Balaban J connectivity index is 3.44. The fraction of sp³-hybridized carbons (Fsp3) is 0.640. The van der Waals surface area contributed by atoms with Crippen LogP contribution in [0.25, 0.3) is 0 Å². The van der Waals surface area contributed by atoms with Gasteiger partial charge in [0, 0.05) is 19.6 Å². The molecule has 0 saturated carbocycles. The molecule has 0 aliphatic rings. The lowest BCUT2D eigenvalue weighted by Gasteiger charge is -2.03. The van der Waals surface area contributed by atoms with Gasteiger partial charge < -0.3 is 10.4 Å². The van der Waals surface area contributed by atoms with Crippen molar-refractivity contribution in [2.45, 2.75) is 90.4 Å². The first-order valence-corrected chi connectivity index (χ1v) is 11.3. The number of carbonyl (C=O) groups excluding carboxylic acids is 1. The summed E-state index contributed by atoms with van der Waals surface area (Å²) in [6.45, 7) is 3.20. The third-order valence-electron chi connectivity index (χ3n) is 4.39. The smallest absolute Gasteiger partial charge is 0.220 e. The monoisotopic (exact) mass is 389 g/mol. The first kappa shape index (κ1) is 26.4. The van der Waals surface area contributed by atoms with E-state index in [0.717, 1.165) is 57.9 Å². The van der Waals surface area contributed by atoms with Crippen LogP contribution in [0, 0.1) is 0 Å². The zero-order chi connectivity index (χ0) is 20.5. The highest BCUT2D eigenvalue weighted by atomic mass is 16.2. The van der Waals surface area contributed by atoms with Crippen LogP contribution >= 0.6 is 0 Å². The number of unbranched alkanes of at least 4 members (excludes halogenated alkanes) is 6. The molecule has 0 aliphatic carbocycles. The van der Waals surface area contributed by atoms with E-state index in [4.69, 9.17) is 5.11 Å². The fourth-order valence-electron chi connectivity index (χ4n) is 2.67. The minimum atomic E-state index is 0.139. The van der Waals surface area contributed by atoms with E-state index >= 15 is 0 Å². The van der Waals surface area contributed by atoms with Crippen LogP contribution in [0.5, 0.6) is 0 Å². The summed E-state index contributed by atoms with van der Waals surface area (Å²) in [5.74, 6) is 0.139. The largest absolute Gasteiger partial charge is 0.396 e. The Morgan fingerprint density at radius 2 is 1.29 bits per heavy atom. The topological polar surface area (TPSA) is 49.3 Å². The molecule has 3 nitrogen and oxygen atoms in total. The first-order valence-electron chi connectivity index (χ1n) is 11.3. The van der Waals surface area contributed by atoms with Gasteiger partial charge in [0.15, 0.2) is 0 Å². The van der Waals surface area contributed by atoms with Crippen molar-refractivity contribution < 1.29 is 9.90 Å². The lowest BCUT2D eigenvalue weighted by molar-refractivity contribution is -0.121. The number of nitrogens with one attached hydrogen (secondary N) is 1. The number of amides is 1. The molecule has 0 saturated heterocycles. The van der Waals surface area contributed by atoms with Gasteiger partial charge in [-0.2, -0.15) is 0 Å². The van der Waals surface area contributed by atoms with Gasteiger partial charge in [0.1, 0.15) is 0 Å². The van der Waals surface area contributed by atoms with E-state index < -0.39 is 0 Å². The van der Waals surface area contributed by atoms with Crippen LogP contribution in [-0.2, 0) is 4.79 Å². The molecule has 0 aromatic carbocycles. The number of aliphatic hydroxyl groups is 1. The van der Waals surface area contributed by atoms with Gasteiger partial charge in [0.25, 0.3) is 0 Å². The van der Waals surface area contributed by atoms with Crippen LogP contribution in [0.1, 0.15) is 90.4 Å². The first-order chi connectivity index (χ1) is 13.8. The number of hydrogen-bond donors (Lipinski definition) is 2. The van der Waals surface area contributed by atoms with Gasteiger partial charge in [-0.1, -0.05) is 68.4 Å². The van der Waals surface area contributed by atoms with Gasteiger partial charge in [-0.3, -0.25) is 4.79 Å². The number of rotatable bonds is 19. The zero-order valence-electron chi connectivity index (χ0n) is 18.1. The van der Waals surface area contributed by atoms with E-state index in [0.29, 0.717) is 6.42 Å². The minimum absolute atomic E-state index is 0.139. The van der Waals surface area contributed by atoms with Crippen LogP contribution in [-0.4, -0.2) is 24.2 Å². The third-order valence-corrected chi connectivity index (χ3v) is 4.39. The molecular formula is C25H43NO2. The molecule has 0 radical (unpaired) electrons. The Hall–Kier alpha value is -1.61. The number of aliphatic hydroxyl groups excluding tert-OH is 1. The van der Waals surface area contributed by atoms with Gasteiger partial charge in [-0.05, 0) is 64.2 Å². The van der Waals surface area contributed by atoms with Gasteiger partial charge in [-0.25, -0.2) is 0 Å². The Labute approximate surface area is 173 Å². The molecule has 0 bridgehead atoms. The lowest BCUT2D eigenvalue weighted by atomic mass is 10.2. The number of carbonyl (C=O) groups is 1. The molecule has 3 heteroatoms. The second-order valence-electron chi connectivity index (χ2n) is 7.11. The van der Waals surface area contributed by atoms with E-state index in [1.165, 1.54) is 25.7 Å². The predicted octanol–water partition coefficient (Wildman–Crippen LogP) is 6.41. The second-order valence-corrected chi connectivity index (χ2v) is 7.11. The summed E-state index contributed by atoms with van der Waals surface area (Å²) in [7, 11) is 0. The lowest BCUT2D eigenvalue weighted by Crippen LogP contribution is -2.23. The molecule has 0 rings (SSSR count). The van der Waals surface area contributed by atoms with Gasteiger partial charge in [0.2, 0.25) is 5.91 Å². The molecule has 28 heavy (non-hydrogen) atoms. The zero-order valence-corrected chi connectivity index (χ0v) is 18.1. The molecule has 2 N–H and O–H groups in total. The van der Waals surface area contributed by atoms with Crippen molar-refractivity contribution in [1.29, 1.82) is 0 Å². The summed E-state index contributed by atoms with van der Waals surface area (Å²) < 4.78 is 0. The summed E-state index contributed by atoms with van der Waals surface area (Å²) in [5, 5.41) is 11.6. The minimum Gasteiger partial charge on any atom is -0.396 e. The van der Waals surface area contributed by atoms with Crippen molar-refractivity contribution in [1.82, 2.24) is 5.32 Å². The average Bonchev–Trinajstić information content (AvgIpc) is 2.70. The normalized spacial score (nSPS) is 12.2.